The van der Waals surface area contributed by atoms with E-state index < -0.39 is 35.1 Å². The number of hydrogen-bond donors (Lipinski definition) is 0. The van der Waals surface area contributed by atoms with Gasteiger partial charge in [-0.2, -0.15) is 13.2 Å². The Morgan fingerprint density at radius 3 is 2.62 bits per heavy atom. The Morgan fingerprint density at radius 2 is 1.90 bits per heavy atom. The van der Waals surface area contributed by atoms with Crippen LogP contribution in [0, 0.1) is 0 Å². The lowest BCUT2D eigenvalue weighted by Crippen LogP contribution is -2.48. The highest BCUT2D eigenvalue weighted by Crippen LogP contribution is 2.41. The Morgan fingerprint density at radius 1 is 1.13 bits per heavy atom. The molecule has 2 fully saturated rings. The van der Waals surface area contributed by atoms with E-state index in [0.29, 0.717) is 32.4 Å². The summed E-state index contributed by atoms with van der Waals surface area (Å²) in [7, 11) is 0. The predicted molar refractivity (Wildman–Crippen MR) is 142 cm³/mol. The van der Waals surface area contributed by atoms with Gasteiger partial charge in [0.2, 0.25) is 0 Å². The Labute approximate surface area is 230 Å². The molecule has 2 aliphatic rings. The van der Waals surface area contributed by atoms with Gasteiger partial charge >= 0.3 is 12.1 Å². The number of esters is 1. The van der Waals surface area contributed by atoms with Crippen molar-refractivity contribution in [3.05, 3.63) is 71.8 Å². The first-order valence-electron chi connectivity index (χ1n) is 13.0. The Bertz CT molecular complexity index is 1170. The molecule has 10 heteroatoms. The van der Waals surface area contributed by atoms with Gasteiger partial charge in [-0.25, -0.2) is 4.79 Å². The van der Waals surface area contributed by atoms with E-state index in [-0.39, 0.29) is 35.3 Å². The number of nitrogens with zero attached hydrogens (tertiary/aromatic N) is 1. The standard InChI is InChI=1S/C29H32F3NO5S/c1-3-37-28(35)24-11-7-8-14-33(24)27(34)19(2)21-12-13-25(23(16-21)29(30,31)32)39-26-18-36-17-22(38-26)15-20-9-5-4-6-10-20/h4-6,9-10,12-13,16,22,24,26H,2-3,7-8,11,14-15,17-18H2,1H3. The molecule has 6 nitrogen and oxygen atoms in total. The molecule has 2 aromatic rings. The van der Waals surface area contributed by atoms with Gasteiger partial charge in [0.1, 0.15) is 11.5 Å². The second-order valence-corrected chi connectivity index (χ2v) is 10.7. The van der Waals surface area contributed by atoms with Crippen molar-refractivity contribution in [2.75, 3.05) is 26.4 Å². The maximum atomic E-state index is 14.1. The second kappa shape index (κ2) is 13.0. The van der Waals surface area contributed by atoms with Gasteiger partial charge in [0.05, 0.1) is 31.5 Å². The van der Waals surface area contributed by atoms with Crippen molar-refractivity contribution >= 4 is 29.2 Å². The fourth-order valence-corrected chi connectivity index (χ4v) is 5.88. The van der Waals surface area contributed by atoms with Crippen molar-refractivity contribution in [2.45, 2.75) is 61.3 Å². The number of likely N-dealkylation sites (tertiary alicyclic amines) is 1. The summed E-state index contributed by atoms with van der Waals surface area (Å²) < 4.78 is 59.2. The van der Waals surface area contributed by atoms with Crippen LogP contribution in [-0.4, -0.2) is 60.7 Å². The molecule has 3 unspecified atom stereocenters. The highest BCUT2D eigenvalue weighted by Gasteiger charge is 2.38. The van der Waals surface area contributed by atoms with E-state index in [1.165, 1.54) is 17.0 Å². The van der Waals surface area contributed by atoms with Crippen molar-refractivity contribution < 1.29 is 37.0 Å². The van der Waals surface area contributed by atoms with E-state index in [2.05, 4.69) is 6.58 Å². The number of carbonyl (C=O) groups is 2. The largest absolute Gasteiger partial charge is 0.464 e. The molecular weight excluding hydrogens is 531 g/mol. The molecule has 0 aliphatic carbocycles. The first-order chi connectivity index (χ1) is 18.7. The minimum Gasteiger partial charge on any atom is -0.464 e. The van der Waals surface area contributed by atoms with Crippen LogP contribution in [0.4, 0.5) is 13.2 Å². The van der Waals surface area contributed by atoms with E-state index in [0.717, 1.165) is 29.8 Å². The van der Waals surface area contributed by atoms with E-state index in [1.54, 1.807) is 6.92 Å². The third-order valence-corrected chi connectivity index (χ3v) is 7.80. The summed E-state index contributed by atoms with van der Waals surface area (Å²) in [6.45, 7) is 6.48. The molecule has 0 N–H and O–H groups in total. The van der Waals surface area contributed by atoms with E-state index >= 15 is 0 Å². The van der Waals surface area contributed by atoms with Crippen LogP contribution in [-0.2, 0) is 36.4 Å². The Kier molecular flexibility index (Phi) is 9.74. The zero-order valence-corrected chi connectivity index (χ0v) is 22.6. The fourth-order valence-electron chi connectivity index (χ4n) is 4.77. The monoisotopic (exact) mass is 563 g/mol. The third kappa shape index (κ3) is 7.43. The number of alkyl halides is 3. The van der Waals surface area contributed by atoms with Gasteiger partial charge in [-0.3, -0.25) is 4.79 Å². The molecule has 2 aromatic carbocycles. The Hall–Kier alpha value is -2.82. The minimum absolute atomic E-state index is 0.0252. The fraction of sp³-hybridized carbons (Fsp3) is 0.448. The number of ether oxygens (including phenoxy) is 3. The number of benzene rings is 2. The quantitative estimate of drug-likeness (QED) is 0.302. The smallest absolute Gasteiger partial charge is 0.417 e. The molecule has 0 spiro atoms. The van der Waals surface area contributed by atoms with Crippen LogP contribution in [0.2, 0.25) is 0 Å². The first kappa shape index (κ1) is 29.2. The van der Waals surface area contributed by atoms with Crippen molar-refractivity contribution in [3.63, 3.8) is 0 Å². The van der Waals surface area contributed by atoms with Crippen LogP contribution in [0.5, 0.6) is 0 Å². The summed E-state index contributed by atoms with van der Waals surface area (Å²) in [5.74, 6) is -1.09. The predicted octanol–water partition coefficient (Wildman–Crippen LogP) is 5.74. The van der Waals surface area contributed by atoms with Crippen molar-refractivity contribution in [1.29, 1.82) is 0 Å². The summed E-state index contributed by atoms with van der Waals surface area (Å²) in [4.78, 5) is 27.0. The third-order valence-electron chi connectivity index (χ3n) is 6.68. The summed E-state index contributed by atoms with van der Waals surface area (Å²) >= 11 is 0.946. The van der Waals surface area contributed by atoms with Gasteiger partial charge in [-0.1, -0.05) is 54.7 Å². The van der Waals surface area contributed by atoms with E-state index in [4.69, 9.17) is 14.2 Å². The number of hydrogen-bond acceptors (Lipinski definition) is 6. The topological polar surface area (TPSA) is 65.1 Å². The maximum absolute atomic E-state index is 14.1. The molecule has 2 saturated heterocycles. The molecule has 0 radical (unpaired) electrons. The van der Waals surface area contributed by atoms with E-state index in [9.17, 15) is 22.8 Å². The molecule has 39 heavy (non-hydrogen) atoms. The molecule has 0 saturated carbocycles. The lowest BCUT2D eigenvalue weighted by molar-refractivity contribution is -0.154. The van der Waals surface area contributed by atoms with Crippen molar-refractivity contribution in [2.24, 2.45) is 0 Å². The summed E-state index contributed by atoms with van der Waals surface area (Å²) in [6.07, 6.45) is -2.47. The highest BCUT2D eigenvalue weighted by molar-refractivity contribution is 7.99. The van der Waals surface area contributed by atoms with Crippen LogP contribution in [0.1, 0.15) is 42.9 Å². The molecule has 3 atom stereocenters. The number of piperidine rings is 1. The van der Waals surface area contributed by atoms with Crippen LogP contribution in [0.25, 0.3) is 5.57 Å². The SMILES string of the molecule is C=C(C(=O)N1CCCCC1C(=O)OCC)c1ccc(SC2COCC(Cc3ccccc3)O2)c(C(F)(F)F)c1. The van der Waals surface area contributed by atoms with Crippen LogP contribution >= 0.6 is 11.8 Å². The maximum Gasteiger partial charge on any atom is 0.417 e. The number of thioether (sulfide) groups is 1. The average Bonchev–Trinajstić information content (AvgIpc) is 2.93. The van der Waals surface area contributed by atoms with Gasteiger partial charge in [-0.15, -0.1) is 0 Å². The average molecular weight is 564 g/mol. The molecule has 1 amide bonds. The van der Waals surface area contributed by atoms with Gasteiger partial charge < -0.3 is 19.1 Å². The van der Waals surface area contributed by atoms with Crippen LogP contribution < -0.4 is 0 Å². The summed E-state index contributed by atoms with van der Waals surface area (Å²) in [5, 5.41) is 0. The van der Waals surface area contributed by atoms with Gasteiger partial charge in [0.25, 0.3) is 5.91 Å². The number of rotatable bonds is 8. The minimum atomic E-state index is -4.67. The molecular formula is C29H32F3NO5S. The summed E-state index contributed by atoms with van der Waals surface area (Å²) in [5.41, 5.74) is -0.503. The van der Waals surface area contributed by atoms with Crippen molar-refractivity contribution in [1.82, 2.24) is 4.90 Å². The van der Waals surface area contributed by atoms with Crippen LogP contribution in [0.3, 0.4) is 0 Å². The van der Waals surface area contributed by atoms with E-state index in [1.807, 2.05) is 30.3 Å². The highest BCUT2D eigenvalue weighted by atomic mass is 32.2. The lowest BCUT2D eigenvalue weighted by Gasteiger charge is -2.34. The summed E-state index contributed by atoms with van der Waals surface area (Å²) in [6, 6.07) is 12.6. The molecule has 0 bridgehead atoms. The molecule has 2 heterocycles. The number of amides is 1. The zero-order valence-electron chi connectivity index (χ0n) is 21.7. The first-order valence-corrected chi connectivity index (χ1v) is 13.9. The molecule has 210 valence electrons. The number of carbonyl (C=O) groups excluding carboxylic acids is 2. The molecule has 0 aromatic heterocycles. The second-order valence-electron chi connectivity index (χ2n) is 9.48. The van der Waals surface area contributed by atoms with Crippen molar-refractivity contribution in [3.8, 4) is 0 Å². The lowest BCUT2D eigenvalue weighted by atomic mass is 9.98. The van der Waals surface area contributed by atoms with Crippen LogP contribution in [0.15, 0.2) is 60.0 Å². The van der Waals surface area contributed by atoms with Gasteiger partial charge in [0.15, 0.2) is 0 Å². The normalized spacial score (nSPS) is 21.8. The van der Waals surface area contributed by atoms with Gasteiger partial charge in [-0.05, 0) is 49.4 Å². The zero-order chi connectivity index (χ0) is 28.0. The Balaban J connectivity index is 1.50. The number of halogens is 3. The molecule has 2 aliphatic heterocycles. The molecule has 4 rings (SSSR count). The van der Waals surface area contributed by atoms with Gasteiger partial charge in [0, 0.05) is 23.4 Å².